The van der Waals surface area contributed by atoms with E-state index in [0.29, 0.717) is 21.2 Å². The van der Waals surface area contributed by atoms with Crippen molar-refractivity contribution in [2.24, 2.45) is 0 Å². The van der Waals surface area contributed by atoms with Crippen molar-refractivity contribution in [2.45, 2.75) is 24.3 Å². The molecule has 1 aliphatic heterocycles. The molecule has 8 nitrogen and oxygen atoms in total. The molecular weight excluding hydrogens is 543 g/mol. The minimum atomic E-state index is -4.16. The van der Waals surface area contributed by atoms with Crippen LogP contribution >= 0.6 is 23.1 Å². The van der Waals surface area contributed by atoms with Crippen LogP contribution in [0.2, 0.25) is 0 Å². The van der Waals surface area contributed by atoms with Crippen molar-refractivity contribution >= 4 is 65.3 Å². The Hall–Kier alpha value is -2.10. The molecule has 0 atom stereocenters. The summed E-state index contributed by atoms with van der Waals surface area (Å²) in [6.07, 6.45) is 1.99. The standard InChI is InChI=1S/C21H20F2N2O6S4/c22-14-3-5-18-16(11-14)24(7-1-9-34(26,27)28)20(32-18)13-21-25(8-2-10-35(29,30)31)17-12-15(23)4-6-19(17)33-21/h3-6,11-13H,1-2,7-10H2,(H-,26,27,28,29,30,31)/p+1. The maximum Gasteiger partial charge on any atom is 0.265 e. The Morgan fingerprint density at radius 3 is 2.31 bits per heavy atom. The third kappa shape index (κ3) is 6.57. The summed E-state index contributed by atoms with van der Waals surface area (Å²) in [5.74, 6) is -1.82. The first kappa shape index (κ1) is 26.0. The van der Waals surface area contributed by atoms with Gasteiger partial charge in [0.15, 0.2) is 6.54 Å². The molecule has 2 aromatic carbocycles. The number of hydrogen-bond donors (Lipinski definition) is 2. The topological polar surface area (TPSA) is 116 Å². The SMILES string of the molecule is O=S(=O)(O)CCCN1C(=Cc2sc3ccc(F)cc3[n+]2CCCS(=O)(=O)O)Sc2ccc(F)cc21. The van der Waals surface area contributed by atoms with E-state index in [9.17, 15) is 25.6 Å². The molecule has 188 valence electrons. The minimum absolute atomic E-state index is 0.0959. The van der Waals surface area contributed by atoms with E-state index in [-0.39, 0.29) is 25.9 Å². The Balaban J connectivity index is 1.73. The highest BCUT2D eigenvalue weighted by atomic mass is 32.2. The normalized spacial score (nSPS) is 15.3. The van der Waals surface area contributed by atoms with Crippen LogP contribution in [-0.4, -0.2) is 44.0 Å². The molecule has 4 rings (SSSR count). The van der Waals surface area contributed by atoms with Crippen LogP contribution in [0.15, 0.2) is 46.3 Å². The minimum Gasteiger partial charge on any atom is -0.335 e. The number of thiazole rings is 1. The second-order valence-electron chi connectivity index (χ2n) is 7.83. The van der Waals surface area contributed by atoms with Crippen LogP contribution < -0.4 is 9.47 Å². The molecule has 3 aromatic rings. The predicted octanol–water partition coefficient (Wildman–Crippen LogP) is 3.93. The van der Waals surface area contributed by atoms with Gasteiger partial charge in [-0.3, -0.25) is 9.11 Å². The number of fused-ring (bicyclic) bond motifs is 2. The first-order valence-electron chi connectivity index (χ1n) is 10.4. The lowest BCUT2D eigenvalue weighted by atomic mass is 10.2. The Bertz CT molecular complexity index is 1520. The molecule has 0 amide bonds. The fourth-order valence-electron chi connectivity index (χ4n) is 3.74. The van der Waals surface area contributed by atoms with Crippen LogP contribution in [0.5, 0.6) is 0 Å². The third-order valence-corrected chi connectivity index (χ3v) is 9.03. The van der Waals surface area contributed by atoms with E-state index in [0.717, 1.165) is 9.60 Å². The van der Waals surface area contributed by atoms with Crippen molar-refractivity contribution in [2.75, 3.05) is 23.0 Å². The summed E-state index contributed by atoms with van der Waals surface area (Å²) in [7, 11) is -8.32. The smallest absolute Gasteiger partial charge is 0.265 e. The zero-order chi connectivity index (χ0) is 25.4. The lowest BCUT2D eigenvalue weighted by molar-refractivity contribution is -0.668. The molecule has 0 unspecified atom stereocenters. The van der Waals surface area contributed by atoms with Crippen molar-refractivity contribution in [1.29, 1.82) is 0 Å². The van der Waals surface area contributed by atoms with E-state index in [1.165, 1.54) is 47.4 Å². The first-order chi connectivity index (χ1) is 16.4. The number of rotatable bonds is 9. The van der Waals surface area contributed by atoms with Gasteiger partial charge in [0.25, 0.3) is 25.2 Å². The van der Waals surface area contributed by atoms with Gasteiger partial charge >= 0.3 is 0 Å². The number of anilines is 1. The number of nitrogens with zero attached hydrogens (tertiary/aromatic N) is 2. The van der Waals surface area contributed by atoms with Gasteiger partial charge in [-0.05, 0) is 36.8 Å². The van der Waals surface area contributed by atoms with Crippen LogP contribution in [0.4, 0.5) is 14.5 Å². The summed E-state index contributed by atoms with van der Waals surface area (Å²) in [6, 6.07) is 8.57. The lowest BCUT2D eigenvalue weighted by Crippen LogP contribution is -2.36. The number of thioether (sulfide) groups is 1. The molecule has 0 radical (unpaired) electrons. The summed E-state index contributed by atoms with van der Waals surface area (Å²) in [5, 5.41) is 1.33. The summed E-state index contributed by atoms with van der Waals surface area (Å²) < 4.78 is 93.4. The fraction of sp³-hybridized carbons (Fsp3) is 0.286. The largest absolute Gasteiger partial charge is 0.335 e. The van der Waals surface area contributed by atoms with Gasteiger partial charge in [-0.15, -0.1) is 0 Å². The Kier molecular flexibility index (Phi) is 7.50. The Morgan fingerprint density at radius 2 is 1.60 bits per heavy atom. The van der Waals surface area contributed by atoms with Crippen molar-refractivity contribution < 1.29 is 39.3 Å². The molecule has 2 N–H and O–H groups in total. The maximum absolute atomic E-state index is 14.0. The van der Waals surface area contributed by atoms with E-state index in [1.807, 2.05) is 0 Å². The Labute approximate surface area is 209 Å². The second-order valence-corrected chi connectivity index (χ2v) is 13.1. The summed E-state index contributed by atoms with van der Waals surface area (Å²) in [6.45, 7) is 0.384. The molecule has 0 saturated heterocycles. The zero-order valence-corrected chi connectivity index (χ0v) is 21.4. The van der Waals surface area contributed by atoms with Gasteiger partial charge in [-0.1, -0.05) is 23.1 Å². The second kappa shape index (κ2) is 10.1. The van der Waals surface area contributed by atoms with Gasteiger partial charge in [0, 0.05) is 23.9 Å². The van der Waals surface area contributed by atoms with Gasteiger partial charge in [0.2, 0.25) is 5.52 Å². The molecule has 0 fully saturated rings. The molecular formula is C21H21F2N2O6S4+. The van der Waals surface area contributed by atoms with E-state index in [2.05, 4.69) is 0 Å². The van der Waals surface area contributed by atoms with Crippen molar-refractivity contribution in [1.82, 2.24) is 0 Å². The number of aromatic nitrogens is 1. The molecule has 0 saturated carbocycles. The molecule has 0 spiro atoms. The molecule has 14 heteroatoms. The zero-order valence-electron chi connectivity index (χ0n) is 18.1. The highest BCUT2D eigenvalue weighted by molar-refractivity contribution is 8.03. The monoisotopic (exact) mass is 563 g/mol. The number of aryl methyl sites for hydroxylation is 1. The summed E-state index contributed by atoms with van der Waals surface area (Å²) in [5.41, 5.74) is 1.11. The fourth-order valence-corrected chi connectivity index (χ4v) is 7.01. The predicted molar refractivity (Wildman–Crippen MR) is 132 cm³/mol. The van der Waals surface area contributed by atoms with Crippen LogP contribution in [-0.2, 0) is 26.8 Å². The molecule has 0 aliphatic carbocycles. The molecule has 1 aliphatic rings. The lowest BCUT2D eigenvalue weighted by Gasteiger charge is -2.19. The quantitative estimate of drug-likeness (QED) is 0.297. The average Bonchev–Trinajstić information content (AvgIpc) is 3.24. The van der Waals surface area contributed by atoms with E-state index in [4.69, 9.17) is 9.11 Å². The van der Waals surface area contributed by atoms with Crippen LogP contribution in [0.1, 0.15) is 17.8 Å². The number of hydrogen-bond acceptors (Lipinski definition) is 7. The van der Waals surface area contributed by atoms with Gasteiger partial charge < -0.3 is 4.90 Å². The highest BCUT2D eigenvalue weighted by Gasteiger charge is 2.29. The van der Waals surface area contributed by atoms with Gasteiger partial charge in [0.05, 0.1) is 28.3 Å². The first-order valence-corrected chi connectivity index (χ1v) is 15.2. The Morgan fingerprint density at radius 1 is 0.943 bits per heavy atom. The van der Waals surface area contributed by atoms with Crippen molar-refractivity contribution in [3.05, 3.63) is 58.1 Å². The summed E-state index contributed by atoms with van der Waals surface area (Å²) in [4.78, 5) is 2.51. The van der Waals surface area contributed by atoms with Gasteiger partial charge in [0.1, 0.15) is 16.3 Å². The van der Waals surface area contributed by atoms with Gasteiger partial charge in [-0.2, -0.15) is 21.4 Å². The van der Waals surface area contributed by atoms with Crippen molar-refractivity contribution in [3.8, 4) is 0 Å². The molecule has 0 bridgehead atoms. The molecule has 1 aromatic heterocycles. The van der Waals surface area contributed by atoms with E-state index < -0.39 is 43.4 Å². The number of benzene rings is 2. The van der Waals surface area contributed by atoms with Crippen LogP contribution in [0.25, 0.3) is 16.3 Å². The average molecular weight is 564 g/mol. The van der Waals surface area contributed by atoms with Gasteiger partial charge in [-0.25, -0.2) is 8.78 Å². The molecule has 35 heavy (non-hydrogen) atoms. The van der Waals surface area contributed by atoms with Crippen molar-refractivity contribution in [3.63, 3.8) is 0 Å². The summed E-state index contributed by atoms with van der Waals surface area (Å²) >= 11 is 2.69. The van der Waals surface area contributed by atoms with E-state index in [1.54, 1.807) is 27.7 Å². The molecule has 2 heterocycles. The number of halogens is 2. The van der Waals surface area contributed by atoms with Crippen LogP contribution in [0.3, 0.4) is 0 Å². The maximum atomic E-state index is 14.0. The van der Waals surface area contributed by atoms with E-state index >= 15 is 0 Å². The third-order valence-electron chi connectivity index (χ3n) is 5.20. The van der Waals surface area contributed by atoms with Crippen LogP contribution in [0, 0.1) is 11.6 Å². The highest BCUT2D eigenvalue weighted by Crippen LogP contribution is 2.47.